The minimum absolute atomic E-state index is 0.160. The van der Waals surface area contributed by atoms with E-state index in [-0.39, 0.29) is 12.0 Å². The zero-order valence-electron chi connectivity index (χ0n) is 13.7. The monoisotopic (exact) mass is 341 g/mol. The zero-order chi connectivity index (χ0) is 17.0. The van der Waals surface area contributed by atoms with Gasteiger partial charge in [-0.25, -0.2) is 15.0 Å². The molecule has 3 aliphatic rings. The molecule has 0 radical (unpaired) electrons. The van der Waals surface area contributed by atoms with Gasteiger partial charge in [-0.3, -0.25) is 14.7 Å². The van der Waals surface area contributed by atoms with Crippen molar-refractivity contribution in [2.45, 2.75) is 43.9 Å². The Hall–Kier alpha value is -2.32. The van der Waals surface area contributed by atoms with Gasteiger partial charge in [0, 0.05) is 24.1 Å². The molecule has 25 heavy (non-hydrogen) atoms. The topological polar surface area (TPSA) is 105 Å². The van der Waals surface area contributed by atoms with Crippen molar-refractivity contribution < 1.29 is 14.6 Å². The molecule has 2 aromatic heterocycles. The van der Waals surface area contributed by atoms with Crippen LogP contribution in [0.15, 0.2) is 18.7 Å². The first kappa shape index (κ1) is 15.0. The van der Waals surface area contributed by atoms with E-state index >= 15 is 0 Å². The smallest absolute Gasteiger partial charge is 0.306 e. The van der Waals surface area contributed by atoms with Crippen molar-refractivity contribution in [3.63, 3.8) is 0 Å². The molecule has 0 bridgehead atoms. The van der Waals surface area contributed by atoms with E-state index in [0.717, 1.165) is 30.7 Å². The first-order chi connectivity index (χ1) is 12.1. The number of aliphatic carboxylic acids is 1. The van der Waals surface area contributed by atoms with Crippen molar-refractivity contribution in [2.24, 2.45) is 5.92 Å². The summed E-state index contributed by atoms with van der Waals surface area (Å²) in [5, 5.41) is 12.6. The molecule has 8 heteroatoms. The minimum atomic E-state index is -0.714. The fourth-order valence-corrected chi connectivity index (χ4v) is 3.87. The van der Waals surface area contributed by atoms with Gasteiger partial charge in [-0.1, -0.05) is 0 Å². The number of aryl methyl sites for hydroxylation is 1. The van der Waals surface area contributed by atoms with Gasteiger partial charge in [-0.15, -0.1) is 0 Å². The number of fused-ring (bicyclic) bond motifs is 1. The maximum atomic E-state index is 11.0. The van der Waals surface area contributed by atoms with Crippen LogP contribution >= 0.6 is 0 Å². The second-order valence-electron chi connectivity index (χ2n) is 7.08. The summed E-state index contributed by atoms with van der Waals surface area (Å²) in [6.45, 7) is 0.564. The van der Waals surface area contributed by atoms with Crippen LogP contribution in [0.5, 0.6) is 0 Å². The third-order valence-electron chi connectivity index (χ3n) is 5.40. The number of carboxylic acids is 1. The minimum Gasteiger partial charge on any atom is -0.481 e. The Bertz CT molecular complexity index is 825. The zero-order valence-corrected chi connectivity index (χ0v) is 13.7. The van der Waals surface area contributed by atoms with Gasteiger partial charge in [0.25, 0.3) is 0 Å². The Balaban J connectivity index is 1.46. The van der Waals surface area contributed by atoms with E-state index in [1.807, 2.05) is 10.8 Å². The largest absolute Gasteiger partial charge is 0.481 e. The summed E-state index contributed by atoms with van der Waals surface area (Å²) in [4.78, 5) is 24.6. The number of imidazole rings is 1. The van der Waals surface area contributed by atoms with Gasteiger partial charge < -0.3 is 9.84 Å². The summed E-state index contributed by atoms with van der Waals surface area (Å²) < 4.78 is 7.62. The number of nitrogens with zero attached hydrogens (tertiary/aromatic N) is 4. The van der Waals surface area contributed by atoms with E-state index in [1.54, 1.807) is 12.5 Å². The highest BCUT2D eigenvalue weighted by molar-refractivity contribution is 5.71. The molecule has 8 nitrogen and oxygen atoms in total. The van der Waals surface area contributed by atoms with Gasteiger partial charge in [-0.2, -0.15) is 0 Å². The number of hydrogen-bond donors (Lipinski definition) is 2. The molecular weight excluding hydrogens is 322 g/mol. The van der Waals surface area contributed by atoms with Crippen LogP contribution in [0.2, 0.25) is 0 Å². The highest BCUT2D eigenvalue weighted by atomic mass is 16.6. The molecule has 1 saturated carbocycles. The second kappa shape index (κ2) is 5.34. The van der Waals surface area contributed by atoms with Crippen molar-refractivity contribution >= 4 is 5.97 Å². The maximum absolute atomic E-state index is 11.0. The molecule has 5 rings (SSSR count). The van der Waals surface area contributed by atoms with Crippen molar-refractivity contribution in [1.29, 1.82) is 0 Å². The lowest BCUT2D eigenvalue weighted by atomic mass is 9.80. The highest BCUT2D eigenvalue weighted by Crippen LogP contribution is 2.42. The van der Waals surface area contributed by atoms with E-state index in [4.69, 9.17) is 19.8 Å². The Kier molecular flexibility index (Phi) is 3.20. The molecule has 0 aromatic carbocycles. The summed E-state index contributed by atoms with van der Waals surface area (Å²) in [7, 11) is 0. The van der Waals surface area contributed by atoms with Crippen molar-refractivity contribution in [2.75, 3.05) is 6.61 Å². The molecule has 2 aromatic rings. The molecular formula is C17H19N5O3. The van der Waals surface area contributed by atoms with Crippen molar-refractivity contribution in [3.8, 4) is 5.95 Å². The SMILES string of the molecule is O=C(O)C1CC(NC2(c3nc(-n4ccnc4)nc4c3CCC4)CO2)C1. The van der Waals surface area contributed by atoms with Gasteiger partial charge in [0.1, 0.15) is 6.33 Å². The number of nitrogens with one attached hydrogen (secondary N) is 1. The van der Waals surface area contributed by atoms with E-state index in [0.29, 0.717) is 25.4 Å². The highest BCUT2D eigenvalue weighted by Gasteiger charge is 2.53. The quantitative estimate of drug-likeness (QED) is 0.774. The number of ether oxygens (including phenoxy) is 1. The Labute approximate surface area is 144 Å². The lowest BCUT2D eigenvalue weighted by molar-refractivity contribution is -0.145. The fraction of sp³-hybridized carbons (Fsp3) is 0.529. The lowest BCUT2D eigenvalue weighted by Gasteiger charge is -2.35. The standard InChI is InChI=1S/C17H19N5O3/c23-15(24)10-6-11(7-10)21-17(8-25-17)14-12-2-1-3-13(12)19-16(20-14)22-5-4-18-9-22/h4-5,9-11,21H,1-3,6-8H2,(H,23,24). The molecule has 3 heterocycles. The van der Waals surface area contributed by atoms with E-state index in [1.165, 1.54) is 5.56 Å². The van der Waals surface area contributed by atoms with Crippen molar-refractivity contribution in [1.82, 2.24) is 24.8 Å². The van der Waals surface area contributed by atoms with Crippen LogP contribution in [0.25, 0.3) is 5.95 Å². The molecule has 2 aliphatic carbocycles. The first-order valence-corrected chi connectivity index (χ1v) is 8.68. The molecule has 1 unspecified atom stereocenters. The fourth-order valence-electron chi connectivity index (χ4n) is 3.87. The van der Waals surface area contributed by atoms with E-state index in [2.05, 4.69) is 10.3 Å². The molecule has 130 valence electrons. The third kappa shape index (κ3) is 2.44. The number of aromatic nitrogens is 4. The van der Waals surface area contributed by atoms with Crippen LogP contribution in [-0.4, -0.2) is 43.2 Å². The number of hydrogen-bond acceptors (Lipinski definition) is 6. The summed E-state index contributed by atoms with van der Waals surface area (Å²) in [5.74, 6) is -0.345. The van der Waals surface area contributed by atoms with Crippen LogP contribution in [-0.2, 0) is 28.1 Å². The molecule has 1 atom stereocenters. The van der Waals surface area contributed by atoms with Crippen LogP contribution < -0.4 is 5.32 Å². The van der Waals surface area contributed by atoms with Crippen LogP contribution in [0.3, 0.4) is 0 Å². The van der Waals surface area contributed by atoms with Gasteiger partial charge >= 0.3 is 5.97 Å². The summed E-state index contributed by atoms with van der Waals surface area (Å²) in [6, 6.07) is 0.160. The van der Waals surface area contributed by atoms with Crippen LogP contribution in [0.4, 0.5) is 0 Å². The lowest BCUT2D eigenvalue weighted by Crippen LogP contribution is -2.49. The van der Waals surface area contributed by atoms with Gasteiger partial charge in [0.2, 0.25) is 5.95 Å². The normalized spacial score (nSPS) is 29.9. The molecule has 2 N–H and O–H groups in total. The first-order valence-electron chi connectivity index (χ1n) is 8.68. The Morgan fingerprint density at radius 1 is 1.36 bits per heavy atom. The Morgan fingerprint density at radius 2 is 2.20 bits per heavy atom. The van der Waals surface area contributed by atoms with Crippen LogP contribution in [0, 0.1) is 5.92 Å². The third-order valence-corrected chi connectivity index (χ3v) is 5.40. The predicted octanol–water partition coefficient (Wildman–Crippen LogP) is 0.787. The average Bonchev–Trinajstić information content (AvgIpc) is 2.99. The number of epoxide rings is 1. The molecule has 2 fully saturated rings. The number of carbonyl (C=O) groups is 1. The summed E-state index contributed by atoms with van der Waals surface area (Å²) in [5.41, 5.74) is 2.60. The number of rotatable bonds is 5. The van der Waals surface area contributed by atoms with E-state index < -0.39 is 11.7 Å². The molecule has 1 aliphatic heterocycles. The molecule has 1 saturated heterocycles. The maximum Gasteiger partial charge on any atom is 0.306 e. The molecule has 0 spiro atoms. The Morgan fingerprint density at radius 3 is 2.88 bits per heavy atom. The summed E-state index contributed by atoms with van der Waals surface area (Å²) >= 11 is 0. The van der Waals surface area contributed by atoms with E-state index in [9.17, 15) is 4.79 Å². The van der Waals surface area contributed by atoms with Gasteiger partial charge in [-0.05, 0) is 37.7 Å². The average molecular weight is 341 g/mol. The van der Waals surface area contributed by atoms with Crippen molar-refractivity contribution in [3.05, 3.63) is 35.7 Å². The number of carboxylic acid groups (broad SMARTS) is 1. The second-order valence-corrected chi connectivity index (χ2v) is 7.08. The van der Waals surface area contributed by atoms with Crippen LogP contribution in [0.1, 0.15) is 36.2 Å². The summed E-state index contributed by atoms with van der Waals surface area (Å²) in [6.07, 6.45) is 9.50. The predicted molar refractivity (Wildman–Crippen MR) is 86.1 cm³/mol. The van der Waals surface area contributed by atoms with Gasteiger partial charge in [0.15, 0.2) is 5.72 Å². The molecule has 0 amide bonds. The van der Waals surface area contributed by atoms with Gasteiger partial charge in [0.05, 0.1) is 18.2 Å².